The monoisotopic (exact) mass is 314 g/mol. The lowest BCUT2D eigenvalue weighted by Crippen LogP contribution is -2.19. The lowest BCUT2D eigenvalue weighted by atomic mass is 10.1. The summed E-state index contributed by atoms with van der Waals surface area (Å²) in [4.78, 5) is 17.8. The molecule has 2 aromatic heterocycles. The first kappa shape index (κ1) is 14.8. The SMILES string of the molecule is CC(C)c1scnc1NC(=O)C(C)c1cc2ccccc2o1. The number of fused-ring (bicyclic) bond motifs is 1. The average molecular weight is 314 g/mol. The quantitative estimate of drug-likeness (QED) is 0.755. The molecule has 0 radical (unpaired) electrons. The molecule has 1 atom stereocenters. The minimum absolute atomic E-state index is 0.105. The zero-order valence-electron chi connectivity index (χ0n) is 12.8. The molecule has 0 aliphatic heterocycles. The number of nitrogens with zero attached hydrogens (tertiary/aromatic N) is 1. The summed E-state index contributed by atoms with van der Waals surface area (Å²) in [5.74, 6) is 1.19. The van der Waals surface area contributed by atoms with Crippen molar-refractivity contribution in [2.45, 2.75) is 32.6 Å². The third-order valence-corrected chi connectivity index (χ3v) is 4.75. The number of nitrogens with one attached hydrogen (secondary N) is 1. The number of carbonyl (C=O) groups is 1. The number of rotatable bonds is 4. The topological polar surface area (TPSA) is 55.1 Å². The first-order valence-corrected chi connectivity index (χ1v) is 8.17. The Hall–Kier alpha value is -2.14. The number of amides is 1. The number of aromatic nitrogens is 1. The molecule has 1 aromatic carbocycles. The van der Waals surface area contributed by atoms with Crippen molar-refractivity contribution >= 4 is 34.0 Å². The van der Waals surface area contributed by atoms with E-state index in [1.54, 1.807) is 16.8 Å². The van der Waals surface area contributed by atoms with Crippen LogP contribution in [-0.2, 0) is 4.79 Å². The van der Waals surface area contributed by atoms with Gasteiger partial charge in [0.25, 0.3) is 0 Å². The van der Waals surface area contributed by atoms with Crippen LogP contribution in [0.3, 0.4) is 0 Å². The summed E-state index contributed by atoms with van der Waals surface area (Å²) in [6.45, 7) is 6.02. The lowest BCUT2D eigenvalue weighted by Gasteiger charge is -2.10. The van der Waals surface area contributed by atoms with Crippen LogP contribution in [0, 0.1) is 0 Å². The zero-order chi connectivity index (χ0) is 15.7. The van der Waals surface area contributed by atoms with Crippen molar-refractivity contribution in [3.05, 3.63) is 46.5 Å². The number of para-hydroxylation sites is 1. The third kappa shape index (κ3) is 2.76. The molecule has 0 fully saturated rings. The average Bonchev–Trinajstić information content (AvgIpc) is 3.12. The highest BCUT2D eigenvalue weighted by atomic mass is 32.1. The van der Waals surface area contributed by atoms with Crippen LogP contribution in [0.1, 0.15) is 43.2 Å². The van der Waals surface area contributed by atoms with Crippen LogP contribution in [0.2, 0.25) is 0 Å². The van der Waals surface area contributed by atoms with Crippen LogP contribution in [0.15, 0.2) is 40.3 Å². The van der Waals surface area contributed by atoms with Crippen molar-refractivity contribution in [3.8, 4) is 0 Å². The van der Waals surface area contributed by atoms with E-state index >= 15 is 0 Å². The van der Waals surface area contributed by atoms with Gasteiger partial charge in [0.1, 0.15) is 17.2 Å². The van der Waals surface area contributed by atoms with Gasteiger partial charge in [-0.05, 0) is 25.0 Å². The summed E-state index contributed by atoms with van der Waals surface area (Å²) >= 11 is 1.56. The highest BCUT2D eigenvalue weighted by molar-refractivity contribution is 7.10. The van der Waals surface area contributed by atoms with Crippen LogP contribution in [0.25, 0.3) is 11.0 Å². The van der Waals surface area contributed by atoms with Crippen molar-refractivity contribution < 1.29 is 9.21 Å². The predicted octanol–water partition coefficient (Wildman–Crippen LogP) is 4.75. The van der Waals surface area contributed by atoms with E-state index in [4.69, 9.17) is 4.42 Å². The molecule has 0 aliphatic carbocycles. The summed E-state index contributed by atoms with van der Waals surface area (Å²) in [5, 5.41) is 3.92. The number of furan rings is 1. The molecule has 1 amide bonds. The van der Waals surface area contributed by atoms with Gasteiger partial charge in [-0.2, -0.15) is 0 Å². The van der Waals surface area contributed by atoms with Crippen LogP contribution in [0.5, 0.6) is 0 Å². The van der Waals surface area contributed by atoms with E-state index in [2.05, 4.69) is 24.1 Å². The predicted molar refractivity (Wildman–Crippen MR) is 89.5 cm³/mol. The van der Waals surface area contributed by atoms with Crippen LogP contribution >= 0.6 is 11.3 Å². The Bertz CT molecular complexity index is 771. The number of thiazole rings is 1. The number of hydrogen-bond acceptors (Lipinski definition) is 4. The Labute approximate surface area is 133 Å². The number of carbonyl (C=O) groups excluding carboxylic acids is 1. The summed E-state index contributed by atoms with van der Waals surface area (Å²) in [6, 6.07) is 9.68. The Balaban J connectivity index is 1.80. The van der Waals surface area contributed by atoms with Gasteiger partial charge in [-0.1, -0.05) is 32.0 Å². The van der Waals surface area contributed by atoms with Crippen LogP contribution in [0.4, 0.5) is 5.82 Å². The molecule has 0 saturated heterocycles. The van der Waals surface area contributed by atoms with Crippen molar-refractivity contribution in [2.75, 3.05) is 5.32 Å². The second kappa shape index (κ2) is 5.93. The fourth-order valence-corrected chi connectivity index (χ4v) is 3.09. The van der Waals surface area contributed by atoms with Gasteiger partial charge in [-0.3, -0.25) is 4.79 Å². The van der Waals surface area contributed by atoms with Gasteiger partial charge in [-0.15, -0.1) is 11.3 Å². The second-order valence-electron chi connectivity index (χ2n) is 5.62. The summed E-state index contributed by atoms with van der Waals surface area (Å²) in [5.41, 5.74) is 2.56. The van der Waals surface area contributed by atoms with Crippen molar-refractivity contribution in [2.24, 2.45) is 0 Å². The van der Waals surface area contributed by atoms with Crippen molar-refractivity contribution in [1.82, 2.24) is 4.98 Å². The van der Waals surface area contributed by atoms with Crippen LogP contribution < -0.4 is 5.32 Å². The molecule has 4 nitrogen and oxygen atoms in total. The van der Waals surface area contributed by atoms with E-state index in [1.165, 1.54) is 0 Å². The molecule has 5 heteroatoms. The van der Waals surface area contributed by atoms with Gasteiger partial charge in [0.15, 0.2) is 0 Å². The Kier molecular flexibility index (Phi) is 3.98. The van der Waals surface area contributed by atoms with Crippen molar-refractivity contribution in [1.29, 1.82) is 0 Å². The molecular weight excluding hydrogens is 296 g/mol. The minimum Gasteiger partial charge on any atom is -0.460 e. The zero-order valence-corrected chi connectivity index (χ0v) is 13.6. The van der Waals surface area contributed by atoms with Gasteiger partial charge in [0.05, 0.1) is 16.3 Å². The molecule has 22 heavy (non-hydrogen) atoms. The Morgan fingerprint density at radius 2 is 2.05 bits per heavy atom. The van der Waals surface area contributed by atoms with E-state index in [-0.39, 0.29) is 11.8 Å². The van der Waals surface area contributed by atoms with Gasteiger partial charge >= 0.3 is 0 Å². The molecule has 1 N–H and O–H groups in total. The molecule has 0 bridgehead atoms. The van der Waals surface area contributed by atoms with Crippen LogP contribution in [-0.4, -0.2) is 10.9 Å². The highest BCUT2D eigenvalue weighted by Gasteiger charge is 2.21. The fraction of sp³-hybridized carbons (Fsp3) is 0.294. The normalized spacial score (nSPS) is 12.7. The summed E-state index contributed by atoms with van der Waals surface area (Å²) < 4.78 is 5.77. The van der Waals surface area contributed by atoms with E-state index in [0.717, 1.165) is 15.8 Å². The molecule has 3 rings (SSSR count). The standard InChI is InChI=1S/C17H18N2O2S/c1-10(2)15-16(18-9-22-15)19-17(20)11(3)14-8-12-6-4-5-7-13(12)21-14/h4-11H,1-3H3,(H,19,20). The number of anilines is 1. The Morgan fingerprint density at radius 3 is 2.77 bits per heavy atom. The maximum atomic E-state index is 12.5. The smallest absolute Gasteiger partial charge is 0.236 e. The van der Waals surface area contributed by atoms with E-state index in [0.29, 0.717) is 17.5 Å². The molecule has 0 aliphatic rings. The number of hydrogen-bond donors (Lipinski definition) is 1. The first-order valence-electron chi connectivity index (χ1n) is 7.29. The van der Waals surface area contributed by atoms with Gasteiger partial charge in [0, 0.05) is 5.39 Å². The molecular formula is C17H18N2O2S. The molecule has 1 unspecified atom stereocenters. The summed E-state index contributed by atoms with van der Waals surface area (Å²) in [6.07, 6.45) is 0. The first-order chi connectivity index (χ1) is 10.6. The van der Waals surface area contributed by atoms with Gasteiger partial charge < -0.3 is 9.73 Å². The van der Waals surface area contributed by atoms with Gasteiger partial charge in [-0.25, -0.2) is 4.98 Å². The second-order valence-corrected chi connectivity index (χ2v) is 6.50. The van der Waals surface area contributed by atoms with E-state index < -0.39 is 0 Å². The maximum Gasteiger partial charge on any atom is 0.236 e. The van der Waals surface area contributed by atoms with E-state index in [9.17, 15) is 4.79 Å². The Morgan fingerprint density at radius 1 is 1.27 bits per heavy atom. The molecule has 0 saturated carbocycles. The largest absolute Gasteiger partial charge is 0.460 e. The highest BCUT2D eigenvalue weighted by Crippen LogP contribution is 2.29. The lowest BCUT2D eigenvalue weighted by molar-refractivity contribution is -0.117. The summed E-state index contributed by atoms with van der Waals surface area (Å²) in [7, 11) is 0. The number of benzene rings is 1. The molecule has 0 spiro atoms. The van der Waals surface area contributed by atoms with Crippen molar-refractivity contribution in [3.63, 3.8) is 0 Å². The molecule has 2 heterocycles. The third-order valence-electron chi connectivity index (χ3n) is 3.63. The fourth-order valence-electron chi connectivity index (χ4n) is 2.33. The minimum atomic E-state index is -0.367. The molecule has 114 valence electrons. The molecule has 3 aromatic rings. The maximum absolute atomic E-state index is 12.5. The van der Waals surface area contributed by atoms with Gasteiger partial charge in [0.2, 0.25) is 5.91 Å². The van der Waals surface area contributed by atoms with E-state index in [1.807, 2.05) is 37.3 Å².